The third-order valence-corrected chi connectivity index (χ3v) is 5.79. The highest BCUT2D eigenvalue weighted by Crippen LogP contribution is 2.41. The van der Waals surface area contributed by atoms with E-state index in [-0.39, 0.29) is 12.4 Å². The fraction of sp³-hybridized carbons (Fsp3) is 0.115. The number of nitrogens with one attached hydrogen (secondary N) is 2. The van der Waals surface area contributed by atoms with Gasteiger partial charge in [0.1, 0.15) is 0 Å². The van der Waals surface area contributed by atoms with Crippen molar-refractivity contribution in [3.63, 3.8) is 0 Å². The summed E-state index contributed by atoms with van der Waals surface area (Å²) in [6.45, 7) is 4.01. The van der Waals surface area contributed by atoms with E-state index in [0.29, 0.717) is 0 Å². The van der Waals surface area contributed by atoms with Crippen LogP contribution in [0, 0.1) is 6.92 Å². The van der Waals surface area contributed by atoms with Crippen molar-refractivity contribution in [3.05, 3.63) is 101 Å². The number of halogens is 4. The summed E-state index contributed by atoms with van der Waals surface area (Å²) in [5, 5.41) is 1.04. The van der Waals surface area contributed by atoms with Crippen LogP contribution in [0.4, 0.5) is 18.9 Å². The van der Waals surface area contributed by atoms with Gasteiger partial charge in [0.25, 0.3) is 0 Å². The van der Waals surface area contributed by atoms with E-state index in [1.165, 1.54) is 0 Å². The Morgan fingerprint density at radius 2 is 1.50 bits per heavy atom. The molecular formula is C26H20ClF3N2. The molecule has 0 saturated carbocycles. The molecule has 1 aliphatic rings. The van der Waals surface area contributed by atoms with Crippen LogP contribution in [0.15, 0.2) is 72.8 Å². The van der Waals surface area contributed by atoms with E-state index < -0.39 is 11.7 Å². The highest BCUT2D eigenvalue weighted by molar-refractivity contribution is 6.32. The van der Waals surface area contributed by atoms with Crippen LogP contribution in [0.1, 0.15) is 34.9 Å². The van der Waals surface area contributed by atoms with Gasteiger partial charge in [0.2, 0.25) is 5.69 Å². The third kappa shape index (κ3) is 3.53. The summed E-state index contributed by atoms with van der Waals surface area (Å²) in [4.78, 5) is 6.86. The molecule has 0 atom stereocenters. The van der Waals surface area contributed by atoms with E-state index in [4.69, 9.17) is 0 Å². The van der Waals surface area contributed by atoms with Crippen molar-refractivity contribution in [1.29, 1.82) is 0 Å². The molecule has 0 bridgehead atoms. The molecule has 0 unspecified atom stereocenters. The van der Waals surface area contributed by atoms with Crippen molar-refractivity contribution in [1.82, 2.24) is 4.98 Å². The maximum atomic E-state index is 13.2. The highest BCUT2D eigenvalue weighted by Gasteiger charge is 2.32. The SMILES string of the molecule is CC1=[NH+]c2ccccc2/C1=C(/c1ccc(C(F)(F)F)cc1)c1c(C)[nH]c2ccccc12.[Cl-]. The van der Waals surface area contributed by atoms with E-state index in [0.717, 1.165) is 68.0 Å². The number of hydrogen-bond donors (Lipinski definition) is 2. The fourth-order valence-electron chi connectivity index (χ4n) is 4.44. The van der Waals surface area contributed by atoms with Gasteiger partial charge in [-0.15, -0.1) is 0 Å². The molecule has 0 spiro atoms. The number of H-pyrrole nitrogens is 1. The number of rotatable bonds is 2. The van der Waals surface area contributed by atoms with Gasteiger partial charge in [0, 0.05) is 40.7 Å². The van der Waals surface area contributed by atoms with Gasteiger partial charge in [-0.05, 0) is 36.8 Å². The zero-order valence-electron chi connectivity index (χ0n) is 17.4. The summed E-state index contributed by atoms with van der Waals surface area (Å²) in [5.41, 5.74) is 8.00. The van der Waals surface area contributed by atoms with Crippen LogP contribution in [0.2, 0.25) is 0 Å². The van der Waals surface area contributed by atoms with Crippen LogP contribution in [-0.4, -0.2) is 10.7 Å². The lowest BCUT2D eigenvalue weighted by Gasteiger charge is -2.14. The number of allylic oxidation sites excluding steroid dienone is 1. The standard InChI is InChI=1S/C26H19F3N2.ClH/c1-15-23(19-7-3-5-9-21(19)30-15)25(17-11-13-18(14-12-17)26(27,28)29)24-16(2)31-22-10-6-4-8-20(22)24;/h3-14,30H,1-2H3;1H/b25-24-;. The van der Waals surface area contributed by atoms with Gasteiger partial charge in [-0.1, -0.05) is 42.5 Å². The molecule has 2 N–H and O–H groups in total. The minimum absolute atomic E-state index is 0. The molecule has 1 aliphatic heterocycles. The van der Waals surface area contributed by atoms with Crippen LogP contribution in [-0.2, 0) is 6.18 Å². The molecule has 1 aromatic heterocycles. The Kier molecular flexibility index (Phi) is 5.47. The third-order valence-electron chi connectivity index (χ3n) is 5.79. The van der Waals surface area contributed by atoms with E-state index in [2.05, 4.69) is 9.98 Å². The van der Waals surface area contributed by atoms with Crippen molar-refractivity contribution >= 4 is 33.4 Å². The number of hydrogen-bond acceptors (Lipinski definition) is 0. The number of fused-ring (bicyclic) bond motifs is 2. The van der Waals surface area contributed by atoms with Crippen molar-refractivity contribution in [2.45, 2.75) is 20.0 Å². The number of benzene rings is 3. The Balaban J connectivity index is 0.00000245. The van der Waals surface area contributed by atoms with Crippen molar-refractivity contribution in [2.24, 2.45) is 0 Å². The van der Waals surface area contributed by atoms with E-state index >= 15 is 0 Å². The van der Waals surface area contributed by atoms with Gasteiger partial charge in [0.15, 0.2) is 5.71 Å². The number of aryl methyl sites for hydroxylation is 1. The van der Waals surface area contributed by atoms with E-state index in [1.807, 2.05) is 62.4 Å². The van der Waals surface area contributed by atoms with Crippen molar-refractivity contribution in [3.8, 4) is 0 Å². The fourth-order valence-corrected chi connectivity index (χ4v) is 4.44. The molecule has 2 nitrogen and oxygen atoms in total. The highest BCUT2D eigenvalue weighted by atomic mass is 35.5. The Hall–Kier alpha value is -3.31. The predicted octanol–water partition coefficient (Wildman–Crippen LogP) is 2.64. The minimum Gasteiger partial charge on any atom is -1.00 e. The molecule has 2 heterocycles. The summed E-state index contributed by atoms with van der Waals surface area (Å²) in [7, 11) is 0. The molecule has 0 aliphatic carbocycles. The molecule has 0 radical (unpaired) electrons. The summed E-state index contributed by atoms with van der Waals surface area (Å²) in [6.07, 6.45) is -4.37. The molecule has 0 amide bonds. The minimum atomic E-state index is -4.37. The van der Waals surface area contributed by atoms with E-state index in [9.17, 15) is 13.2 Å². The molecule has 5 rings (SSSR count). The first kappa shape index (κ1) is 21.9. The maximum Gasteiger partial charge on any atom is 0.416 e. The van der Waals surface area contributed by atoms with Gasteiger partial charge in [-0.2, -0.15) is 13.2 Å². The molecular weight excluding hydrogens is 433 g/mol. The van der Waals surface area contributed by atoms with Gasteiger partial charge >= 0.3 is 6.18 Å². The first-order chi connectivity index (χ1) is 14.8. The zero-order valence-corrected chi connectivity index (χ0v) is 18.2. The van der Waals surface area contributed by atoms with E-state index in [1.54, 1.807) is 12.1 Å². The average molecular weight is 453 g/mol. The Morgan fingerprint density at radius 3 is 2.22 bits per heavy atom. The first-order valence-electron chi connectivity index (χ1n) is 10.0. The zero-order chi connectivity index (χ0) is 21.8. The molecule has 6 heteroatoms. The van der Waals surface area contributed by atoms with Crippen molar-refractivity contribution in [2.75, 3.05) is 0 Å². The second-order valence-electron chi connectivity index (χ2n) is 7.79. The van der Waals surface area contributed by atoms with Crippen LogP contribution >= 0.6 is 0 Å². The summed E-state index contributed by atoms with van der Waals surface area (Å²) in [6, 6.07) is 21.5. The molecule has 0 fully saturated rings. The summed E-state index contributed by atoms with van der Waals surface area (Å²) < 4.78 is 39.6. The smallest absolute Gasteiger partial charge is 0.416 e. The van der Waals surface area contributed by atoms with Gasteiger partial charge < -0.3 is 17.4 Å². The molecule has 4 aromatic rings. The lowest BCUT2D eigenvalue weighted by molar-refractivity contribution is -0.349. The lowest BCUT2D eigenvalue weighted by atomic mass is 9.86. The lowest BCUT2D eigenvalue weighted by Crippen LogP contribution is -3.00. The molecule has 162 valence electrons. The number of alkyl halides is 3. The Labute approximate surface area is 189 Å². The molecule has 3 aromatic carbocycles. The Bertz CT molecular complexity index is 1380. The summed E-state index contributed by atoms with van der Waals surface area (Å²) in [5.74, 6) is 0. The number of aromatic amines is 1. The largest absolute Gasteiger partial charge is 1.00 e. The van der Waals surface area contributed by atoms with Crippen LogP contribution in [0.25, 0.3) is 22.0 Å². The number of aromatic nitrogens is 1. The second-order valence-corrected chi connectivity index (χ2v) is 7.79. The van der Waals surface area contributed by atoms with Gasteiger partial charge in [-0.25, -0.2) is 4.99 Å². The normalized spacial score (nSPS) is 14.7. The predicted molar refractivity (Wildman–Crippen MR) is 118 cm³/mol. The van der Waals surface area contributed by atoms with Crippen LogP contribution in [0.3, 0.4) is 0 Å². The second kappa shape index (κ2) is 7.99. The van der Waals surface area contributed by atoms with Gasteiger partial charge in [-0.3, -0.25) is 0 Å². The first-order valence-corrected chi connectivity index (χ1v) is 10.0. The van der Waals surface area contributed by atoms with Gasteiger partial charge in [0.05, 0.1) is 16.7 Å². The maximum absolute atomic E-state index is 13.2. The van der Waals surface area contributed by atoms with Crippen LogP contribution in [0.5, 0.6) is 0 Å². The number of para-hydroxylation sites is 2. The van der Waals surface area contributed by atoms with Crippen LogP contribution < -0.4 is 17.4 Å². The summed E-state index contributed by atoms with van der Waals surface area (Å²) >= 11 is 0. The topological polar surface area (TPSA) is 29.8 Å². The Morgan fingerprint density at radius 1 is 0.844 bits per heavy atom. The molecule has 0 saturated heterocycles. The van der Waals surface area contributed by atoms with Crippen molar-refractivity contribution < 1.29 is 30.6 Å². The molecule has 32 heavy (non-hydrogen) atoms. The average Bonchev–Trinajstić information content (AvgIpc) is 3.25. The quantitative estimate of drug-likeness (QED) is 0.468. The monoisotopic (exact) mass is 452 g/mol.